The number of piperazine rings is 1. The molecule has 1 N–H and O–H groups in total. The van der Waals surface area contributed by atoms with Crippen molar-refractivity contribution in [2.75, 3.05) is 31.1 Å². The third kappa shape index (κ3) is 3.10. The molecule has 2 aliphatic carbocycles. The molecule has 1 amide bonds. The molecule has 4 atom stereocenters. The third-order valence-corrected chi connectivity index (χ3v) is 7.09. The fraction of sp³-hybridized carbons (Fsp3) is 0.545. The van der Waals surface area contributed by atoms with Gasteiger partial charge in [-0.05, 0) is 50.7 Å². The van der Waals surface area contributed by atoms with Crippen molar-refractivity contribution in [2.45, 2.75) is 26.7 Å². The summed E-state index contributed by atoms with van der Waals surface area (Å²) in [5.74, 6) is -1.64. The van der Waals surface area contributed by atoms with Crippen molar-refractivity contribution in [3.05, 3.63) is 40.4 Å². The summed E-state index contributed by atoms with van der Waals surface area (Å²) in [4.78, 5) is 29.5. The minimum atomic E-state index is -0.820. The molecule has 0 unspecified atom stereocenters. The Kier molecular flexibility index (Phi) is 5.13. The monoisotopic (exact) mass is 402 g/mol. The number of anilines is 1. The lowest BCUT2D eigenvalue weighted by molar-refractivity contribution is -0.153. The van der Waals surface area contributed by atoms with Gasteiger partial charge < -0.3 is 14.9 Å². The first-order chi connectivity index (χ1) is 13.4. The quantitative estimate of drug-likeness (QED) is 0.783. The Labute approximate surface area is 171 Å². The Morgan fingerprint density at radius 1 is 1.00 bits per heavy atom. The van der Waals surface area contributed by atoms with Crippen LogP contribution in [0.15, 0.2) is 35.4 Å². The van der Waals surface area contributed by atoms with Crippen molar-refractivity contribution in [2.24, 2.45) is 23.7 Å². The lowest BCUT2D eigenvalue weighted by Crippen LogP contribution is -2.52. The predicted molar refractivity (Wildman–Crippen MR) is 109 cm³/mol. The number of amides is 1. The van der Waals surface area contributed by atoms with Gasteiger partial charge in [-0.2, -0.15) is 0 Å². The van der Waals surface area contributed by atoms with Crippen LogP contribution >= 0.6 is 11.6 Å². The minimum Gasteiger partial charge on any atom is -0.481 e. The van der Waals surface area contributed by atoms with Gasteiger partial charge in [-0.15, -0.1) is 0 Å². The van der Waals surface area contributed by atoms with Crippen LogP contribution in [0.5, 0.6) is 0 Å². The SMILES string of the molecule is CC(C)=C1[C@H]2CC[C@H]1[C@H](C(=O)N1CCN(c3ccccc3Cl)CC1)[C@H]2C(=O)O. The van der Waals surface area contributed by atoms with E-state index in [4.69, 9.17) is 11.6 Å². The Hall–Kier alpha value is -2.01. The highest BCUT2D eigenvalue weighted by Gasteiger charge is 2.58. The van der Waals surface area contributed by atoms with Gasteiger partial charge in [-0.25, -0.2) is 0 Å². The molecule has 1 heterocycles. The number of carbonyl (C=O) groups is 2. The van der Waals surface area contributed by atoms with Gasteiger partial charge >= 0.3 is 5.97 Å². The van der Waals surface area contributed by atoms with Gasteiger partial charge in [0.25, 0.3) is 0 Å². The molecule has 2 saturated carbocycles. The minimum absolute atomic E-state index is 0.0251. The number of hydrogen-bond acceptors (Lipinski definition) is 3. The third-order valence-electron chi connectivity index (χ3n) is 6.77. The molecule has 6 heteroatoms. The first-order valence-electron chi connectivity index (χ1n) is 10.1. The second-order valence-electron chi connectivity index (χ2n) is 8.40. The van der Waals surface area contributed by atoms with Crippen LogP contribution in [-0.4, -0.2) is 48.1 Å². The van der Waals surface area contributed by atoms with Crippen LogP contribution in [0.4, 0.5) is 5.69 Å². The van der Waals surface area contributed by atoms with Crippen LogP contribution in [0.2, 0.25) is 5.02 Å². The lowest BCUT2D eigenvalue weighted by atomic mass is 9.78. The van der Waals surface area contributed by atoms with Crippen molar-refractivity contribution in [3.63, 3.8) is 0 Å². The average molecular weight is 403 g/mol. The van der Waals surface area contributed by atoms with E-state index in [2.05, 4.69) is 18.7 Å². The lowest BCUT2D eigenvalue weighted by Gasteiger charge is -2.39. The highest BCUT2D eigenvalue weighted by molar-refractivity contribution is 6.33. The molecule has 0 radical (unpaired) electrons. The summed E-state index contributed by atoms with van der Waals surface area (Å²) in [5.41, 5.74) is 3.42. The van der Waals surface area contributed by atoms with Crippen molar-refractivity contribution in [3.8, 4) is 0 Å². The summed E-state index contributed by atoms with van der Waals surface area (Å²) in [5, 5.41) is 10.6. The van der Waals surface area contributed by atoms with E-state index in [1.54, 1.807) is 0 Å². The number of fused-ring (bicyclic) bond motifs is 2. The number of hydrogen-bond donors (Lipinski definition) is 1. The molecule has 1 aliphatic heterocycles. The van der Waals surface area contributed by atoms with E-state index < -0.39 is 17.8 Å². The van der Waals surface area contributed by atoms with Gasteiger partial charge in [0.2, 0.25) is 5.91 Å². The Balaban J connectivity index is 1.50. The molecule has 1 aromatic carbocycles. The summed E-state index contributed by atoms with van der Waals surface area (Å²) >= 11 is 6.31. The number of aliphatic carboxylic acids is 1. The first-order valence-corrected chi connectivity index (χ1v) is 10.5. The smallest absolute Gasteiger partial charge is 0.307 e. The van der Waals surface area contributed by atoms with Crippen LogP contribution in [0.3, 0.4) is 0 Å². The van der Waals surface area contributed by atoms with Gasteiger partial charge in [0, 0.05) is 26.2 Å². The zero-order valence-corrected chi connectivity index (χ0v) is 17.2. The summed E-state index contributed by atoms with van der Waals surface area (Å²) in [6.45, 7) is 6.74. The standard InChI is InChI=1S/C22H27ClN2O3/c1-13(2)18-14-7-8-15(18)20(22(27)28)19(14)21(26)25-11-9-24(10-12-25)17-6-4-3-5-16(17)23/h3-6,14-15,19-20H,7-12H2,1-2H3,(H,27,28)/t14-,15-,19+,20+/m1/s1. The Bertz CT molecular complexity index is 825. The second kappa shape index (κ2) is 7.43. The van der Waals surface area contributed by atoms with Crippen LogP contribution in [0.25, 0.3) is 0 Å². The van der Waals surface area contributed by atoms with E-state index in [0.717, 1.165) is 23.6 Å². The van der Waals surface area contributed by atoms with Gasteiger partial charge in [0.1, 0.15) is 0 Å². The van der Waals surface area contributed by atoms with Gasteiger partial charge in [-0.3, -0.25) is 9.59 Å². The molecule has 2 bridgehead atoms. The highest BCUT2D eigenvalue weighted by Crippen LogP contribution is 2.57. The highest BCUT2D eigenvalue weighted by atomic mass is 35.5. The maximum absolute atomic E-state index is 13.4. The first kappa shape index (κ1) is 19.3. The zero-order valence-electron chi connectivity index (χ0n) is 16.4. The molecular weight excluding hydrogens is 376 g/mol. The van der Waals surface area contributed by atoms with E-state index in [1.807, 2.05) is 29.2 Å². The predicted octanol–water partition coefficient (Wildman–Crippen LogP) is 3.68. The van der Waals surface area contributed by atoms with Crippen molar-refractivity contribution in [1.29, 1.82) is 0 Å². The van der Waals surface area contributed by atoms with Crippen LogP contribution < -0.4 is 4.90 Å². The van der Waals surface area contributed by atoms with E-state index in [-0.39, 0.29) is 17.7 Å². The van der Waals surface area contributed by atoms with Crippen LogP contribution in [0.1, 0.15) is 26.7 Å². The number of rotatable bonds is 3. The summed E-state index contributed by atoms with van der Waals surface area (Å²) < 4.78 is 0. The molecule has 28 heavy (non-hydrogen) atoms. The fourth-order valence-corrected chi connectivity index (χ4v) is 5.93. The Morgan fingerprint density at radius 2 is 1.61 bits per heavy atom. The summed E-state index contributed by atoms with van der Waals surface area (Å²) in [7, 11) is 0. The van der Waals surface area contributed by atoms with Crippen molar-refractivity contribution in [1.82, 2.24) is 4.90 Å². The summed E-state index contributed by atoms with van der Waals surface area (Å²) in [6.07, 6.45) is 1.83. The number of para-hydroxylation sites is 1. The van der Waals surface area contributed by atoms with Crippen molar-refractivity contribution < 1.29 is 14.7 Å². The molecule has 1 aromatic rings. The van der Waals surface area contributed by atoms with E-state index in [9.17, 15) is 14.7 Å². The molecule has 1 saturated heterocycles. The number of allylic oxidation sites excluding steroid dienone is 2. The maximum Gasteiger partial charge on any atom is 0.307 e. The topological polar surface area (TPSA) is 60.9 Å². The molecule has 150 valence electrons. The molecule has 5 nitrogen and oxygen atoms in total. The number of benzene rings is 1. The van der Waals surface area contributed by atoms with Gasteiger partial charge in [0.05, 0.1) is 22.5 Å². The molecule has 3 fully saturated rings. The molecule has 4 rings (SSSR count). The fourth-order valence-electron chi connectivity index (χ4n) is 5.67. The normalized spacial score (nSPS) is 29.3. The van der Waals surface area contributed by atoms with Crippen LogP contribution in [-0.2, 0) is 9.59 Å². The number of carboxylic acids is 1. The van der Waals surface area contributed by atoms with Gasteiger partial charge in [0.15, 0.2) is 0 Å². The largest absolute Gasteiger partial charge is 0.481 e. The van der Waals surface area contributed by atoms with E-state index in [1.165, 1.54) is 11.1 Å². The number of carboxylic acid groups (broad SMARTS) is 1. The molecule has 3 aliphatic rings. The van der Waals surface area contributed by atoms with Gasteiger partial charge in [-0.1, -0.05) is 34.9 Å². The van der Waals surface area contributed by atoms with Crippen LogP contribution in [0, 0.1) is 23.7 Å². The maximum atomic E-state index is 13.4. The summed E-state index contributed by atoms with van der Waals surface area (Å²) in [6, 6.07) is 7.75. The number of nitrogens with zero attached hydrogens (tertiary/aromatic N) is 2. The zero-order chi connectivity index (χ0) is 20.0. The molecule has 0 spiro atoms. The average Bonchev–Trinajstić information content (AvgIpc) is 3.24. The molecule has 0 aromatic heterocycles. The number of carbonyl (C=O) groups excluding carboxylic acids is 1. The molecular formula is C22H27ClN2O3. The van der Waals surface area contributed by atoms with E-state index >= 15 is 0 Å². The second-order valence-corrected chi connectivity index (χ2v) is 8.81. The van der Waals surface area contributed by atoms with E-state index in [0.29, 0.717) is 26.2 Å². The van der Waals surface area contributed by atoms with Crippen molar-refractivity contribution >= 4 is 29.2 Å². The number of halogens is 1. The Morgan fingerprint density at radius 3 is 2.18 bits per heavy atom.